The normalized spacial score (nSPS) is 12.4. The molecule has 0 aliphatic rings. The molecule has 3 N–H and O–H groups in total. The fourth-order valence-corrected chi connectivity index (χ4v) is 2.04. The molecule has 0 spiro atoms. The molecule has 0 fully saturated rings. The van der Waals surface area contributed by atoms with Crippen LogP contribution in [0.2, 0.25) is 0 Å². The Bertz CT molecular complexity index is 521. The molecule has 0 bridgehead atoms. The SMILES string of the molecule is NNC(Cc1cc(Br)ccc1F)c1ncccn1. The van der Waals surface area contributed by atoms with E-state index >= 15 is 0 Å². The molecule has 6 heteroatoms. The molecule has 0 saturated heterocycles. The van der Waals surface area contributed by atoms with E-state index in [0.717, 1.165) is 4.47 Å². The summed E-state index contributed by atoms with van der Waals surface area (Å²) in [5.74, 6) is 5.75. The summed E-state index contributed by atoms with van der Waals surface area (Å²) in [5.41, 5.74) is 3.16. The Hall–Kier alpha value is -1.37. The van der Waals surface area contributed by atoms with E-state index in [0.29, 0.717) is 17.8 Å². The van der Waals surface area contributed by atoms with Crippen molar-refractivity contribution in [2.75, 3.05) is 0 Å². The lowest BCUT2D eigenvalue weighted by Crippen LogP contribution is -2.31. The quantitative estimate of drug-likeness (QED) is 0.671. The lowest BCUT2D eigenvalue weighted by molar-refractivity contribution is 0.506. The molecule has 2 rings (SSSR count). The second kappa shape index (κ2) is 5.99. The van der Waals surface area contributed by atoms with Gasteiger partial charge < -0.3 is 0 Å². The Kier molecular flexibility index (Phi) is 4.35. The highest BCUT2D eigenvalue weighted by atomic mass is 79.9. The average Bonchev–Trinajstić information content (AvgIpc) is 2.41. The van der Waals surface area contributed by atoms with Crippen LogP contribution >= 0.6 is 15.9 Å². The van der Waals surface area contributed by atoms with E-state index < -0.39 is 0 Å². The van der Waals surface area contributed by atoms with Gasteiger partial charge in [-0.2, -0.15) is 0 Å². The van der Waals surface area contributed by atoms with E-state index in [9.17, 15) is 4.39 Å². The molecule has 0 aliphatic heterocycles. The maximum absolute atomic E-state index is 13.7. The number of hydrazine groups is 1. The Morgan fingerprint density at radius 1 is 1.33 bits per heavy atom. The second-order valence-electron chi connectivity index (χ2n) is 3.77. The molecule has 0 saturated carbocycles. The van der Waals surface area contributed by atoms with Crippen molar-refractivity contribution >= 4 is 15.9 Å². The first-order valence-electron chi connectivity index (χ1n) is 5.37. The van der Waals surface area contributed by atoms with Crippen LogP contribution in [0.3, 0.4) is 0 Å². The summed E-state index contributed by atoms with van der Waals surface area (Å²) in [5, 5.41) is 0. The minimum absolute atomic E-state index is 0.269. The van der Waals surface area contributed by atoms with E-state index in [4.69, 9.17) is 5.84 Å². The fraction of sp³-hybridized carbons (Fsp3) is 0.167. The smallest absolute Gasteiger partial charge is 0.146 e. The molecule has 18 heavy (non-hydrogen) atoms. The van der Waals surface area contributed by atoms with E-state index in [1.807, 2.05) is 0 Å². The van der Waals surface area contributed by atoms with Crippen molar-refractivity contribution in [3.05, 3.63) is 58.3 Å². The predicted octanol–water partition coefficient (Wildman–Crippen LogP) is 2.13. The molecular weight excluding hydrogens is 299 g/mol. The number of rotatable bonds is 4. The summed E-state index contributed by atoms with van der Waals surface area (Å²) in [6.07, 6.45) is 3.64. The highest BCUT2D eigenvalue weighted by molar-refractivity contribution is 9.10. The maximum atomic E-state index is 13.7. The number of nitrogens with zero attached hydrogens (tertiary/aromatic N) is 2. The highest BCUT2D eigenvalue weighted by Crippen LogP contribution is 2.20. The Balaban J connectivity index is 2.23. The van der Waals surface area contributed by atoms with Crippen molar-refractivity contribution < 1.29 is 4.39 Å². The first kappa shape index (κ1) is 13.1. The molecule has 1 aromatic carbocycles. The average molecular weight is 311 g/mol. The molecule has 1 aromatic heterocycles. The summed E-state index contributed by atoms with van der Waals surface area (Å²) < 4.78 is 14.5. The standard InChI is InChI=1S/C12H12BrFN4/c13-9-2-3-10(14)8(6-9)7-11(18-15)12-16-4-1-5-17-12/h1-6,11,18H,7,15H2. The van der Waals surface area contributed by atoms with Crippen molar-refractivity contribution in [2.45, 2.75) is 12.5 Å². The zero-order valence-electron chi connectivity index (χ0n) is 9.48. The summed E-state index contributed by atoms with van der Waals surface area (Å²) in [6.45, 7) is 0. The number of aromatic nitrogens is 2. The van der Waals surface area contributed by atoms with E-state index in [2.05, 4.69) is 31.3 Å². The van der Waals surface area contributed by atoms with Crippen LogP contribution in [0.1, 0.15) is 17.4 Å². The van der Waals surface area contributed by atoms with Gasteiger partial charge in [-0.05, 0) is 36.2 Å². The Morgan fingerprint density at radius 3 is 2.72 bits per heavy atom. The van der Waals surface area contributed by atoms with Crippen LogP contribution in [0.4, 0.5) is 4.39 Å². The van der Waals surface area contributed by atoms with Gasteiger partial charge in [-0.25, -0.2) is 19.8 Å². The molecule has 4 nitrogen and oxygen atoms in total. The number of hydrogen-bond acceptors (Lipinski definition) is 4. The van der Waals surface area contributed by atoms with Crippen LogP contribution in [0.5, 0.6) is 0 Å². The Morgan fingerprint density at radius 2 is 2.06 bits per heavy atom. The first-order valence-corrected chi connectivity index (χ1v) is 6.17. The van der Waals surface area contributed by atoms with Crippen molar-refractivity contribution in [1.29, 1.82) is 0 Å². The van der Waals surface area contributed by atoms with Crippen molar-refractivity contribution in [3.8, 4) is 0 Å². The predicted molar refractivity (Wildman–Crippen MR) is 69.9 cm³/mol. The van der Waals surface area contributed by atoms with E-state index in [-0.39, 0.29) is 11.9 Å². The summed E-state index contributed by atoms with van der Waals surface area (Å²) in [7, 11) is 0. The van der Waals surface area contributed by atoms with Gasteiger partial charge in [0.05, 0.1) is 6.04 Å². The minimum Gasteiger partial charge on any atom is -0.271 e. The molecule has 2 aromatic rings. The lowest BCUT2D eigenvalue weighted by Gasteiger charge is -2.14. The van der Waals surface area contributed by atoms with E-state index in [1.54, 1.807) is 30.6 Å². The molecular formula is C12H12BrFN4. The third-order valence-corrected chi connectivity index (χ3v) is 3.02. The minimum atomic E-state index is -0.324. The monoisotopic (exact) mass is 310 g/mol. The van der Waals surface area contributed by atoms with Crippen LogP contribution in [0.25, 0.3) is 0 Å². The third-order valence-electron chi connectivity index (χ3n) is 2.53. The van der Waals surface area contributed by atoms with Gasteiger partial charge in [0.1, 0.15) is 11.6 Å². The largest absolute Gasteiger partial charge is 0.271 e. The topological polar surface area (TPSA) is 63.8 Å². The first-order chi connectivity index (χ1) is 8.70. The highest BCUT2D eigenvalue weighted by Gasteiger charge is 2.15. The van der Waals surface area contributed by atoms with E-state index in [1.165, 1.54) is 6.07 Å². The van der Waals surface area contributed by atoms with Gasteiger partial charge >= 0.3 is 0 Å². The van der Waals surface area contributed by atoms with Crippen LogP contribution in [-0.2, 0) is 6.42 Å². The second-order valence-corrected chi connectivity index (χ2v) is 4.68. The molecule has 1 heterocycles. The van der Waals surface area contributed by atoms with Gasteiger partial charge in [0.2, 0.25) is 0 Å². The van der Waals surface area contributed by atoms with Crippen molar-refractivity contribution in [1.82, 2.24) is 15.4 Å². The third kappa shape index (κ3) is 3.10. The van der Waals surface area contributed by atoms with Gasteiger partial charge in [0.15, 0.2) is 0 Å². The number of benzene rings is 1. The summed E-state index contributed by atoms with van der Waals surface area (Å²) >= 11 is 3.31. The van der Waals surface area contributed by atoms with Crippen LogP contribution in [0.15, 0.2) is 41.1 Å². The van der Waals surface area contributed by atoms with Gasteiger partial charge in [-0.15, -0.1) is 0 Å². The number of hydrogen-bond donors (Lipinski definition) is 2. The number of halogens is 2. The van der Waals surface area contributed by atoms with Crippen LogP contribution < -0.4 is 11.3 Å². The summed E-state index contributed by atoms with van der Waals surface area (Å²) in [6, 6.07) is 6.19. The zero-order chi connectivity index (χ0) is 13.0. The van der Waals surface area contributed by atoms with Gasteiger partial charge in [0.25, 0.3) is 0 Å². The van der Waals surface area contributed by atoms with Crippen molar-refractivity contribution in [3.63, 3.8) is 0 Å². The molecule has 94 valence electrons. The lowest BCUT2D eigenvalue weighted by atomic mass is 10.1. The fourth-order valence-electron chi connectivity index (χ4n) is 1.63. The molecule has 1 atom stereocenters. The maximum Gasteiger partial charge on any atom is 0.146 e. The summed E-state index contributed by atoms with van der Waals surface area (Å²) in [4.78, 5) is 8.22. The van der Waals surface area contributed by atoms with Gasteiger partial charge in [0, 0.05) is 16.9 Å². The van der Waals surface area contributed by atoms with Crippen molar-refractivity contribution in [2.24, 2.45) is 5.84 Å². The molecule has 0 amide bonds. The zero-order valence-corrected chi connectivity index (χ0v) is 11.1. The molecule has 0 aliphatic carbocycles. The Labute approximate surface area is 113 Å². The van der Waals surface area contributed by atoms with Crippen LogP contribution in [-0.4, -0.2) is 9.97 Å². The van der Waals surface area contributed by atoms with Crippen LogP contribution in [0, 0.1) is 5.82 Å². The van der Waals surface area contributed by atoms with Gasteiger partial charge in [-0.3, -0.25) is 5.84 Å². The van der Waals surface area contributed by atoms with Gasteiger partial charge in [-0.1, -0.05) is 15.9 Å². The number of nitrogens with one attached hydrogen (secondary N) is 1. The number of nitrogens with two attached hydrogens (primary N) is 1. The molecule has 1 unspecified atom stereocenters. The molecule has 0 radical (unpaired) electrons.